The molecule has 0 aliphatic rings. The van der Waals surface area contributed by atoms with E-state index in [0.717, 1.165) is 22.8 Å². The van der Waals surface area contributed by atoms with Crippen molar-refractivity contribution in [1.29, 1.82) is 0 Å². The van der Waals surface area contributed by atoms with Crippen LogP contribution < -0.4 is 0 Å². The van der Waals surface area contributed by atoms with Crippen molar-refractivity contribution >= 4 is 0 Å². The van der Waals surface area contributed by atoms with E-state index in [-0.39, 0.29) is 0 Å². The summed E-state index contributed by atoms with van der Waals surface area (Å²) in [6, 6.07) is 29.4. The molecule has 6 nitrogen and oxygen atoms in total. The van der Waals surface area contributed by atoms with Crippen LogP contribution in [-0.4, -0.2) is 30.1 Å². The lowest BCUT2D eigenvalue weighted by molar-refractivity contribution is 0.108. The van der Waals surface area contributed by atoms with Crippen molar-refractivity contribution in [1.82, 2.24) is 19.9 Å². The lowest BCUT2D eigenvalue weighted by atomic mass is 9.80. The Balaban J connectivity index is 1.78. The van der Waals surface area contributed by atoms with Crippen LogP contribution in [0.4, 0.5) is 0 Å². The van der Waals surface area contributed by atoms with Gasteiger partial charge in [-0.3, -0.25) is 19.9 Å². The van der Waals surface area contributed by atoms with Gasteiger partial charge in [0.1, 0.15) is 0 Å². The fraction of sp³-hybridized carbons (Fsp3) is 0.188. The third-order valence-electron chi connectivity index (χ3n) is 6.73. The van der Waals surface area contributed by atoms with Gasteiger partial charge in [0.25, 0.3) is 0 Å². The van der Waals surface area contributed by atoms with E-state index in [4.69, 9.17) is 0 Å². The molecule has 0 unspecified atom stereocenters. The van der Waals surface area contributed by atoms with Crippen LogP contribution in [0.15, 0.2) is 97.1 Å². The third-order valence-corrected chi connectivity index (χ3v) is 6.73. The minimum Gasteiger partial charge on any atom is -0.373 e. The van der Waals surface area contributed by atoms with Gasteiger partial charge < -0.3 is 10.2 Å². The van der Waals surface area contributed by atoms with E-state index in [0.29, 0.717) is 33.9 Å². The first-order valence-electron chi connectivity index (χ1n) is 12.5. The topological polar surface area (TPSA) is 92.0 Å². The Morgan fingerprint density at radius 3 is 0.947 bits per heavy atom. The van der Waals surface area contributed by atoms with Crippen molar-refractivity contribution < 1.29 is 10.2 Å². The van der Waals surface area contributed by atoms with Crippen molar-refractivity contribution in [2.24, 2.45) is 0 Å². The SMILES string of the molecule is Cc1cccc(C(O)(c2cccc(C(O)(c3cccc(C)n3)c3cccc(C)n3)c2)c2cccc(C)n2)n1. The molecule has 5 rings (SSSR count). The molecule has 4 heterocycles. The predicted molar refractivity (Wildman–Crippen MR) is 147 cm³/mol. The first-order valence-corrected chi connectivity index (χ1v) is 12.5. The van der Waals surface area contributed by atoms with Crippen LogP contribution in [0.1, 0.15) is 56.7 Å². The number of rotatable bonds is 6. The van der Waals surface area contributed by atoms with E-state index in [9.17, 15) is 10.2 Å². The molecule has 0 aliphatic carbocycles. The number of pyridine rings is 4. The van der Waals surface area contributed by atoms with Crippen LogP contribution in [0, 0.1) is 27.7 Å². The molecule has 38 heavy (non-hydrogen) atoms. The Kier molecular flexibility index (Phi) is 6.61. The van der Waals surface area contributed by atoms with Gasteiger partial charge in [-0.05, 0) is 93.4 Å². The number of aliphatic hydroxyl groups is 2. The van der Waals surface area contributed by atoms with Gasteiger partial charge in [0.05, 0.1) is 22.8 Å². The summed E-state index contributed by atoms with van der Waals surface area (Å²) in [4.78, 5) is 18.7. The average molecular weight is 503 g/mol. The smallest absolute Gasteiger partial charge is 0.174 e. The number of benzene rings is 1. The minimum absolute atomic E-state index is 0.443. The van der Waals surface area contributed by atoms with Gasteiger partial charge in [-0.15, -0.1) is 0 Å². The molecule has 0 bridgehead atoms. The fourth-order valence-electron chi connectivity index (χ4n) is 4.80. The van der Waals surface area contributed by atoms with Crippen molar-refractivity contribution in [3.8, 4) is 0 Å². The third kappa shape index (κ3) is 4.49. The van der Waals surface area contributed by atoms with Crippen LogP contribution in [0.5, 0.6) is 0 Å². The van der Waals surface area contributed by atoms with Crippen LogP contribution in [0.2, 0.25) is 0 Å². The maximum atomic E-state index is 12.5. The highest BCUT2D eigenvalue weighted by Gasteiger charge is 2.41. The highest BCUT2D eigenvalue weighted by molar-refractivity contribution is 5.49. The van der Waals surface area contributed by atoms with E-state index in [1.807, 2.05) is 94.4 Å². The minimum atomic E-state index is -1.67. The molecule has 0 atom stereocenters. The maximum absolute atomic E-state index is 12.5. The summed E-state index contributed by atoms with van der Waals surface area (Å²) in [5, 5.41) is 24.9. The molecule has 0 fully saturated rings. The van der Waals surface area contributed by atoms with Crippen LogP contribution in [0.3, 0.4) is 0 Å². The van der Waals surface area contributed by atoms with E-state index >= 15 is 0 Å². The van der Waals surface area contributed by atoms with Crippen molar-refractivity contribution in [3.05, 3.63) is 154 Å². The number of aryl methyl sites for hydroxylation is 4. The molecule has 1 aromatic carbocycles. The summed E-state index contributed by atoms with van der Waals surface area (Å²) in [7, 11) is 0. The van der Waals surface area contributed by atoms with E-state index in [2.05, 4.69) is 19.9 Å². The molecule has 6 heteroatoms. The number of aromatic nitrogens is 4. The second kappa shape index (κ2) is 9.89. The molecular formula is C32H30N4O2. The molecule has 0 aliphatic heterocycles. The first kappa shape index (κ1) is 25.4. The molecular weight excluding hydrogens is 472 g/mol. The van der Waals surface area contributed by atoms with Crippen molar-refractivity contribution in [2.45, 2.75) is 38.9 Å². The Morgan fingerprint density at radius 1 is 0.421 bits per heavy atom. The molecule has 0 amide bonds. The summed E-state index contributed by atoms with van der Waals surface area (Å²) in [5.74, 6) is 0. The number of hydrogen-bond donors (Lipinski definition) is 2. The fourth-order valence-corrected chi connectivity index (χ4v) is 4.80. The van der Waals surface area contributed by atoms with E-state index in [1.54, 1.807) is 30.3 Å². The number of hydrogen-bond acceptors (Lipinski definition) is 6. The Morgan fingerprint density at radius 2 is 0.684 bits per heavy atom. The zero-order chi connectivity index (χ0) is 26.9. The van der Waals surface area contributed by atoms with Gasteiger partial charge in [0, 0.05) is 22.8 Å². The lowest BCUT2D eigenvalue weighted by Gasteiger charge is -2.32. The first-order chi connectivity index (χ1) is 18.2. The monoisotopic (exact) mass is 502 g/mol. The zero-order valence-corrected chi connectivity index (χ0v) is 21.9. The highest BCUT2D eigenvalue weighted by atomic mass is 16.3. The molecule has 0 radical (unpaired) electrons. The molecule has 4 aromatic heterocycles. The zero-order valence-electron chi connectivity index (χ0n) is 21.9. The Hall–Kier alpha value is -4.26. The molecule has 0 saturated carbocycles. The molecule has 5 aromatic rings. The average Bonchev–Trinajstić information content (AvgIpc) is 2.92. The second-order valence-corrected chi connectivity index (χ2v) is 9.66. The molecule has 190 valence electrons. The van der Waals surface area contributed by atoms with Gasteiger partial charge in [-0.1, -0.05) is 42.5 Å². The van der Waals surface area contributed by atoms with Gasteiger partial charge in [-0.25, -0.2) is 0 Å². The molecule has 2 N–H and O–H groups in total. The van der Waals surface area contributed by atoms with Crippen LogP contribution in [0.25, 0.3) is 0 Å². The van der Waals surface area contributed by atoms with Gasteiger partial charge in [0.15, 0.2) is 11.2 Å². The lowest BCUT2D eigenvalue weighted by Crippen LogP contribution is -2.34. The van der Waals surface area contributed by atoms with E-state index < -0.39 is 11.2 Å². The van der Waals surface area contributed by atoms with Gasteiger partial charge in [0.2, 0.25) is 0 Å². The molecule has 0 spiro atoms. The maximum Gasteiger partial charge on any atom is 0.174 e. The van der Waals surface area contributed by atoms with Gasteiger partial charge >= 0.3 is 0 Å². The standard InChI is InChI=1S/C32H30N4O2/c1-21-10-5-16-27(33-21)31(37,28-17-6-11-22(2)34-28)25-14-9-15-26(20-25)32(38,29-18-7-12-23(3)35-29)30-19-8-13-24(4)36-30/h5-20,37-38H,1-4H3. The normalized spacial score (nSPS) is 11.9. The van der Waals surface area contributed by atoms with Crippen LogP contribution >= 0.6 is 0 Å². The number of nitrogens with zero attached hydrogens (tertiary/aromatic N) is 4. The summed E-state index contributed by atoms with van der Waals surface area (Å²) < 4.78 is 0. The second-order valence-electron chi connectivity index (χ2n) is 9.66. The Labute approximate surface area is 222 Å². The summed E-state index contributed by atoms with van der Waals surface area (Å²) in [6.45, 7) is 7.54. The molecule has 0 saturated heterocycles. The quantitative estimate of drug-likeness (QED) is 0.337. The Bertz CT molecular complexity index is 1410. The summed E-state index contributed by atoms with van der Waals surface area (Å²) >= 11 is 0. The van der Waals surface area contributed by atoms with Gasteiger partial charge in [-0.2, -0.15) is 0 Å². The van der Waals surface area contributed by atoms with Crippen molar-refractivity contribution in [2.75, 3.05) is 0 Å². The predicted octanol–water partition coefficient (Wildman–Crippen LogP) is 5.07. The van der Waals surface area contributed by atoms with Crippen molar-refractivity contribution in [3.63, 3.8) is 0 Å². The summed E-state index contributed by atoms with van der Waals surface area (Å²) in [5.41, 5.74) is 2.56. The highest BCUT2D eigenvalue weighted by Crippen LogP contribution is 2.40. The summed E-state index contributed by atoms with van der Waals surface area (Å²) in [6.07, 6.45) is 0. The van der Waals surface area contributed by atoms with E-state index in [1.165, 1.54) is 0 Å². The largest absolute Gasteiger partial charge is 0.373 e. The van der Waals surface area contributed by atoms with Crippen LogP contribution in [-0.2, 0) is 11.2 Å².